The number of fused-ring (bicyclic) bond motifs is 1. The second kappa shape index (κ2) is 8.07. The molecule has 2 aliphatic rings. The summed E-state index contributed by atoms with van der Waals surface area (Å²) in [6.07, 6.45) is 12.8. The van der Waals surface area contributed by atoms with Crippen LogP contribution in [0.4, 0.5) is 0 Å². The molecule has 1 N–H and O–H groups in total. The largest absolute Gasteiger partial charge is 0.381 e. The Balaban J connectivity index is 1.50. The van der Waals surface area contributed by atoms with Crippen molar-refractivity contribution in [2.45, 2.75) is 63.8 Å². The molecule has 3 heteroatoms. The zero-order valence-corrected chi connectivity index (χ0v) is 13.9. The number of pyridine rings is 1. The molecule has 3 unspecified atom stereocenters. The molecule has 3 nitrogen and oxygen atoms in total. The van der Waals surface area contributed by atoms with E-state index < -0.39 is 0 Å². The summed E-state index contributed by atoms with van der Waals surface area (Å²) in [5.41, 5.74) is 3.05. The minimum absolute atomic E-state index is 0.661. The summed E-state index contributed by atoms with van der Waals surface area (Å²) in [6.45, 7) is 5.37. The van der Waals surface area contributed by atoms with E-state index in [1.54, 1.807) is 0 Å². The van der Waals surface area contributed by atoms with Crippen LogP contribution in [0.15, 0.2) is 18.5 Å². The lowest BCUT2D eigenvalue weighted by Crippen LogP contribution is -2.34. The van der Waals surface area contributed by atoms with Crippen molar-refractivity contribution in [2.24, 2.45) is 5.92 Å². The van der Waals surface area contributed by atoms with Crippen LogP contribution in [0.2, 0.25) is 0 Å². The Morgan fingerprint density at radius 2 is 2.27 bits per heavy atom. The Labute approximate surface area is 134 Å². The standard InChI is InChI=1S/C19H30N2O/c1-2-15(13-21-18-4-3-10-22-11-8-18)12-17-6-5-16-7-9-20-14-19(16)17/h7,9,14-15,17-18,21H,2-6,8,10-13H2,1H3. The molecule has 0 bridgehead atoms. The van der Waals surface area contributed by atoms with Gasteiger partial charge in [-0.15, -0.1) is 0 Å². The third-order valence-corrected chi connectivity index (χ3v) is 5.49. The molecule has 1 aromatic heterocycles. The van der Waals surface area contributed by atoms with E-state index in [1.165, 1.54) is 56.1 Å². The summed E-state index contributed by atoms with van der Waals surface area (Å²) in [7, 11) is 0. The van der Waals surface area contributed by atoms with Crippen molar-refractivity contribution >= 4 is 0 Å². The van der Waals surface area contributed by atoms with Gasteiger partial charge in [0.05, 0.1) is 0 Å². The van der Waals surface area contributed by atoms with Crippen LogP contribution in [0.3, 0.4) is 0 Å². The van der Waals surface area contributed by atoms with Gasteiger partial charge in [0.2, 0.25) is 0 Å². The van der Waals surface area contributed by atoms with Crippen LogP contribution in [0, 0.1) is 5.92 Å². The molecule has 0 saturated carbocycles. The van der Waals surface area contributed by atoms with Gasteiger partial charge in [-0.3, -0.25) is 4.98 Å². The van der Waals surface area contributed by atoms with E-state index in [-0.39, 0.29) is 0 Å². The van der Waals surface area contributed by atoms with Crippen molar-refractivity contribution in [3.63, 3.8) is 0 Å². The van der Waals surface area contributed by atoms with Crippen LogP contribution in [-0.4, -0.2) is 30.8 Å². The average molecular weight is 302 g/mol. The zero-order chi connectivity index (χ0) is 15.2. The molecule has 0 radical (unpaired) electrons. The number of aryl methyl sites for hydroxylation is 1. The smallest absolute Gasteiger partial charge is 0.0480 e. The van der Waals surface area contributed by atoms with Gasteiger partial charge in [-0.1, -0.05) is 13.3 Å². The molecular formula is C19H30N2O. The molecule has 1 aliphatic carbocycles. The fourth-order valence-electron chi connectivity index (χ4n) is 4.00. The van der Waals surface area contributed by atoms with Gasteiger partial charge in [0.15, 0.2) is 0 Å². The Morgan fingerprint density at radius 3 is 3.18 bits per heavy atom. The predicted molar refractivity (Wildman–Crippen MR) is 90.2 cm³/mol. The molecule has 1 aromatic rings. The maximum Gasteiger partial charge on any atom is 0.0480 e. The predicted octanol–water partition coefficient (Wildman–Crippen LogP) is 3.69. The van der Waals surface area contributed by atoms with Gasteiger partial charge in [0.25, 0.3) is 0 Å². The Bertz CT molecular complexity index is 455. The van der Waals surface area contributed by atoms with Crippen molar-refractivity contribution in [3.05, 3.63) is 29.6 Å². The SMILES string of the molecule is CCC(CNC1CCCOCC1)CC1CCc2ccncc21. The molecule has 1 saturated heterocycles. The number of ether oxygens (including phenoxy) is 1. The van der Waals surface area contributed by atoms with E-state index in [1.807, 2.05) is 6.20 Å². The van der Waals surface area contributed by atoms with Crippen LogP contribution in [0.1, 0.15) is 62.5 Å². The van der Waals surface area contributed by atoms with E-state index in [2.05, 4.69) is 29.5 Å². The van der Waals surface area contributed by atoms with Crippen molar-refractivity contribution in [3.8, 4) is 0 Å². The topological polar surface area (TPSA) is 34.1 Å². The molecule has 122 valence electrons. The van der Waals surface area contributed by atoms with E-state index in [0.717, 1.165) is 31.6 Å². The number of nitrogens with zero attached hydrogens (tertiary/aromatic N) is 1. The van der Waals surface area contributed by atoms with Gasteiger partial charge < -0.3 is 10.1 Å². The fourth-order valence-corrected chi connectivity index (χ4v) is 4.00. The first-order valence-electron chi connectivity index (χ1n) is 9.10. The normalized spacial score (nSPS) is 26.4. The molecule has 2 heterocycles. The van der Waals surface area contributed by atoms with E-state index in [9.17, 15) is 0 Å². The molecule has 1 fully saturated rings. The third-order valence-electron chi connectivity index (χ3n) is 5.49. The van der Waals surface area contributed by atoms with Crippen molar-refractivity contribution < 1.29 is 4.74 Å². The molecule has 22 heavy (non-hydrogen) atoms. The van der Waals surface area contributed by atoms with Crippen LogP contribution >= 0.6 is 0 Å². The van der Waals surface area contributed by atoms with Gasteiger partial charge in [-0.05, 0) is 74.1 Å². The van der Waals surface area contributed by atoms with Crippen molar-refractivity contribution in [1.29, 1.82) is 0 Å². The molecule has 0 spiro atoms. The monoisotopic (exact) mass is 302 g/mol. The number of nitrogens with one attached hydrogen (secondary N) is 1. The second-order valence-corrected chi connectivity index (χ2v) is 6.97. The Kier molecular flexibility index (Phi) is 5.85. The van der Waals surface area contributed by atoms with Gasteiger partial charge >= 0.3 is 0 Å². The summed E-state index contributed by atoms with van der Waals surface area (Å²) < 4.78 is 5.56. The third kappa shape index (κ3) is 4.08. The summed E-state index contributed by atoms with van der Waals surface area (Å²) in [6, 6.07) is 2.87. The highest BCUT2D eigenvalue weighted by atomic mass is 16.5. The molecule has 0 aromatic carbocycles. The van der Waals surface area contributed by atoms with Gasteiger partial charge in [-0.2, -0.15) is 0 Å². The van der Waals surface area contributed by atoms with Gasteiger partial charge in [0.1, 0.15) is 0 Å². The summed E-state index contributed by atoms with van der Waals surface area (Å²) in [4.78, 5) is 4.34. The summed E-state index contributed by atoms with van der Waals surface area (Å²) in [5.74, 6) is 1.51. The van der Waals surface area contributed by atoms with Crippen LogP contribution in [0.5, 0.6) is 0 Å². The first kappa shape index (κ1) is 15.9. The molecule has 0 amide bonds. The molecule has 1 aliphatic heterocycles. The second-order valence-electron chi connectivity index (χ2n) is 6.97. The zero-order valence-electron chi connectivity index (χ0n) is 13.9. The fraction of sp³-hybridized carbons (Fsp3) is 0.737. The highest BCUT2D eigenvalue weighted by Crippen LogP contribution is 2.37. The number of aromatic nitrogens is 1. The molecular weight excluding hydrogens is 272 g/mol. The summed E-state index contributed by atoms with van der Waals surface area (Å²) >= 11 is 0. The van der Waals surface area contributed by atoms with Crippen LogP contribution in [0.25, 0.3) is 0 Å². The van der Waals surface area contributed by atoms with Gasteiger partial charge in [0, 0.05) is 31.6 Å². The van der Waals surface area contributed by atoms with E-state index in [4.69, 9.17) is 4.74 Å². The van der Waals surface area contributed by atoms with Gasteiger partial charge in [-0.25, -0.2) is 0 Å². The number of rotatable bonds is 6. The maximum absolute atomic E-state index is 5.56. The minimum atomic E-state index is 0.661. The Morgan fingerprint density at radius 1 is 1.32 bits per heavy atom. The first-order valence-corrected chi connectivity index (χ1v) is 9.10. The highest BCUT2D eigenvalue weighted by Gasteiger charge is 2.25. The maximum atomic E-state index is 5.56. The van der Waals surface area contributed by atoms with Crippen LogP contribution < -0.4 is 5.32 Å². The summed E-state index contributed by atoms with van der Waals surface area (Å²) in [5, 5.41) is 3.81. The molecule has 3 atom stereocenters. The number of hydrogen-bond acceptors (Lipinski definition) is 3. The van der Waals surface area contributed by atoms with Crippen molar-refractivity contribution in [1.82, 2.24) is 10.3 Å². The lowest BCUT2D eigenvalue weighted by molar-refractivity contribution is 0.142. The van der Waals surface area contributed by atoms with E-state index >= 15 is 0 Å². The molecule has 3 rings (SSSR count). The number of hydrogen-bond donors (Lipinski definition) is 1. The lowest BCUT2D eigenvalue weighted by atomic mass is 9.89. The first-order chi connectivity index (χ1) is 10.9. The van der Waals surface area contributed by atoms with E-state index in [0.29, 0.717) is 6.04 Å². The van der Waals surface area contributed by atoms with Crippen LogP contribution in [-0.2, 0) is 11.2 Å². The Hall–Kier alpha value is -0.930. The minimum Gasteiger partial charge on any atom is -0.381 e. The quantitative estimate of drug-likeness (QED) is 0.870. The average Bonchev–Trinajstić information content (AvgIpc) is 2.78. The highest BCUT2D eigenvalue weighted by molar-refractivity contribution is 5.31. The van der Waals surface area contributed by atoms with Crippen molar-refractivity contribution in [2.75, 3.05) is 19.8 Å². The lowest BCUT2D eigenvalue weighted by Gasteiger charge is -2.23.